The molecule has 0 saturated carbocycles. The van der Waals surface area contributed by atoms with Crippen LogP contribution in [-0.2, 0) is 74.7 Å². The average Bonchev–Trinajstić information content (AvgIpc) is 1.82. The Morgan fingerprint density at radius 3 is 2.27 bits per heavy atom. The van der Waals surface area contributed by atoms with Gasteiger partial charge in [0.2, 0.25) is 29.5 Å². The van der Waals surface area contributed by atoms with Gasteiger partial charge in [0.15, 0.2) is 47.1 Å². The van der Waals surface area contributed by atoms with Gasteiger partial charge in [0.1, 0.15) is 68.1 Å². The molecular formula is C50H64F2N17O17P2S+. The van der Waals surface area contributed by atoms with Crippen molar-refractivity contribution in [1.82, 2.24) is 65.2 Å². The monoisotopic (exact) mass is 1310 g/mol. The summed E-state index contributed by atoms with van der Waals surface area (Å²) >= 11 is 5.20. The first-order chi connectivity index (χ1) is 42.4. The van der Waals surface area contributed by atoms with E-state index in [0.29, 0.717) is 11.3 Å². The van der Waals surface area contributed by atoms with Crippen molar-refractivity contribution < 1.29 is 89.6 Å². The van der Waals surface area contributed by atoms with E-state index in [1.807, 2.05) is 0 Å². The Morgan fingerprint density at radius 2 is 1.57 bits per heavy atom. The molecule has 34 nitrogen and oxygen atoms in total. The largest absolute Gasteiger partial charge is 0.694 e. The average molecular weight is 1310 g/mol. The number of aromatic nitrogens is 8. The first kappa shape index (κ1) is 67.0. The molecular weight excluding hydrogens is 1240 g/mol. The van der Waals surface area contributed by atoms with Crippen LogP contribution < -0.4 is 43.4 Å². The lowest BCUT2D eigenvalue weighted by molar-refractivity contribution is -0.134. The van der Waals surface area contributed by atoms with E-state index < -0.39 is 137 Å². The number of hydrogen-bond donors (Lipinski definition) is 11. The standard InChI is InChI=1S/C50H63F2N17O17P2S/c1-25(2)37(65-33(71)13-16-67-34(72)11-12-35(67)73)46(75)64-30(5-3-14-55-49(54)76)45(74)63-27-9-7-26(8-10-27)18-81-50(77)56-15-4-6-32(70)66-42-39-44(60-22-58-42)69(24-62-39)48-36(52)40(31(85-48)20-82-87(78)79)86-88(80,89)83-19-28-17-29(51)47(84-28)68-23-61-38-41(53)57-21-59-43(38)68/h7-12,21-25,28-31,34,36-37,40,47-48,72H,3-6,13-20H2,1-2H3,(H11-,53,54,55,56,57,58,59,60,63,64,65,66,70,71,74,75,76,77,78,79,80,89)/p+1. The number of carbonyl (C=O) groups is 7. The summed E-state index contributed by atoms with van der Waals surface area (Å²) in [4.78, 5) is 135. The number of nitrogens with two attached hydrogens (primary N) is 2. The number of benzene rings is 1. The highest BCUT2D eigenvalue weighted by Crippen LogP contribution is 2.51. The number of nitrogens with zero attached hydrogens (tertiary/aromatic N) is 9. The molecule has 13 N–H and O–H groups in total. The molecule has 480 valence electrons. The number of fused-ring (bicyclic) bond motifs is 2. The second-order valence-electron chi connectivity index (χ2n) is 20.6. The minimum atomic E-state index is -4.41. The predicted molar refractivity (Wildman–Crippen MR) is 309 cm³/mol. The number of alkyl carbamates (subject to hydrolysis) is 1. The highest BCUT2D eigenvalue weighted by Gasteiger charge is 2.51. The van der Waals surface area contributed by atoms with E-state index in [2.05, 4.69) is 61.8 Å². The van der Waals surface area contributed by atoms with E-state index in [1.54, 1.807) is 26.0 Å². The molecule has 8 rings (SSSR count). The number of halogens is 2. The van der Waals surface area contributed by atoms with E-state index in [4.69, 9.17) is 51.1 Å². The summed E-state index contributed by atoms with van der Waals surface area (Å²) in [7, 11) is -3.21. The van der Waals surface area contributed by atoms with E-state index in [-0.39, 0.29) is 98.7 Å². The van der Waals surface area contributed by atoms with Gasteiger partial charge in [-0.25, -0.2) is 48.3 Å². The van der Waals surface area contributed by atoms with Gasteiger partial charge in [-0.3, -0.25) is 37.6 Å². The van der Waals surface area contributed by atoms with Crippen LogP contribution in [-0.4, -0.2) is 182 Å². The first-order valence-corrected chi connectivity index (χ1v) is 31.2. The minimum Gasteiger partial charge on any atom is -0.445 e. The second-order valence-corrected chi connectivity index (χ2v) is 24.1. The Morgan fingerprint density at radius 1 is 0.876 bits per heavy atom. The molecule has 3 aliphatic heterocycles. The number of alkyl halides is 2. The maximum atomic E-state index is 16.6. The molecule has 0 aliphatic carbocycles. The molecule has 1 aromatic carbocycles. The van der Waals surface area contributed by atoms with Gasteiger partial charge in [0.05, 0.1) is 25.4 Å². The van der Waals surface area contributed by atoms with Crippen molar-refractivity contribution in [3.63, 3.8) is 0 Å². The fourth-order valence-corrected chi connectivity index (χ4v) is 11.2. The minimum absolute atomic E-state index is 0.00100. The summed E-state index contributed by atoms with van der Waals surface area (Å²) in [5, 5.41) is 25.5. The molecule has 0 radical (unpaired) electrons. The maximum Gasteiger partial charge on any atom is 0.694 e. The van der Waals surface area contributed by atoms with Crippen molar-refractivity contribution in [3.05, 3.63) is 67.3 Å². The number of carbonyl (C=O) groups excluding carboxylic acids is 7. The SMILES string of the molecule is CC(C)C(NC(=O)CCN1C(=O)C=CC1O)C(=O)NC(CCCNC(N)=O)C(=O)Nc1ccc(COC(=O)NCCCC(=O)Nc2ncnc3c2ncn3C2OC(CO[P+](=O)O)C(OP(O)(=S)OCC3CC(F)C(n4cnc5c(N)ncnc54)O3)C2F)cc1. The van der Waals surface area contributed by atoms with Crippen LogP contribution in [0.25, 0.3) is 22.3 Å². The third-order valence-corrected chi connectivity index (χ3v) is 15.8. The molecule has 5 aromatic rings. The van der Waals surface area contributed by atoms with Crippen LogP contribution in [0.2, 0.25) is 0 Å². The second kappa shape index (κ2) is 30.5. The number of rotatable bonds is 30. The number of nitrogen functional groups attached to an aromatic ring is 1. The zero-order chi connectivity index (χ0) is 64.1. The summed E-state index contributed by atoms with van der Waals surface area (Å²) in [5.41, 5.74) is 12.3. The number of nitrogens with one attached hydrogen (secondary N) is 6. The Hall–Kier alpha value is -7.96. The number of amides is 8. The number of imidazole rings is 2. The van der Waals surface area contributed by atoms with Gasteiger partial charge in [-0.1, -0.05) is 26.0 Å². The Balaban J connectivity index is 0.777. The summed E-state index contributed by atoms with van der Waals surface area (Å²) in [6.07, 6.45) is -5.87. The smallest absolute Gasteiger partial charge is 0.445 e. The molecule has 0 bridgehead atoms. The van der Waals surface area contributed by atoms with E-state index in [1.165, 1.54) is 41.5 Å². The Kier molecular flexibility index (Phi) is 23.0. The molecule has 2 saturated heterocycles. The lowest BCUT2D eigenvalue weighted by Gasteiger charge is -2.26. The highest BCUT2D eigenvalue weighted by molar-refractivity contribution is 8.07. The zero-order valence-corrected chi connectivity index (χ0v) is 50.0. The van der Waals surface area contributed by atoms with Gasteiger partial charge < -0.3 is 77.0 Å². The number of aliphatic hydroxyl groups is 1. The lowest BCUT2D eigenvalue weighted by Crippen LogP contribution is -2.54. The van der Waals surface area contributed by atoms with Gasteiger partial charge in [-0.2, -0.15) is 0 Å². The summed E-state index contributed by atoms with van der Waals surface area (Å²) in [6, 6.07) is 3.21. The fraction of sp³-hybridized carbons (Fsp3) is 0.500. The van der Waals surface area contributed by atoms with Crippen LogP contribution >= 0.6 is 15.0 Å². The third-order valence-electron chi connectivity index (χ3n) is 13.9. The number of hydrogen-bond acceptors (Lipinski definition) is 23. The molecule has 0 spiro atoms. The third kappa shape index (κ3) is 17.9. The van der Waals surface area contributed by atoms with Gasteiger partial charge in [-0.05, 0) is 60.8 Å². The summed E-state index contributed by atoms with van der Waals surface area (Å²) in [5.74, 6) is -3.32. The fourth-order valence-electron chi connectivity index (χ4n) is 9.45. The molecule has 12 unspecified atom stereocenters. The van der Waals surface area contributed by atoms with Gasteiger partial charge >= 0.3 is 27.1 Å². The quantitative estimate of drug-likeness (QED) is 0.0227. The number of aliphatic hydroxyl groups excluding tert-OH is 1. The van der Waals surface area contributed by atoms with Gasteiger partial charge in [0, 0.05) is 55.2 Å². The van der Waals surface area contributed by atoms with Crippen LogP contribution in [0.4, 0.5) is 35.7 Å². The summed E-state index contributed by atoms with van der Waals surface area (Å²) in [6.45, 7) is -2.45. The molecule has 3 aliphatic rings. The molecule has 2 fully saturated rings. The molecule has 7 heterocycles. The highest BCUT2D eigenvalue weighted by atomic mass is 32.5. The van der Waals surface area contributed by atoms with Gasteiger partial charge in [-0.15, -0.1) is 9.42 Å². The van der Waals surface area contributed by atoms with E-state index >= 15 is 8.78 Å². The maximum absolute atomic E-state index is 16.6. The van der Waals surface area contributed by atoms with Crippen molar-refractivity contribution >= 4 is 108 Å². The molecule has 12 atom stereocenters. The lowest BCUT2D eigenvalue weighted by atomic mass is 10.0. The number of ether oxygens (including phenoxy) is 3. The number of primary amides is 1. The van der Waals surface area contributed by atoms with Crippen LogP contribution in [0.5, 0.6) is 0 Å². The Bertz CT molecular complexity index is 3480. The van der Waals surface area contributed by atoms with Crippen LogP contribution in [0.1, 0.15) is 70.4 Å². The normalized spacial score (nSPS) is 22.2. The topological polar surface area (TPSA) is 467 Å². The van der Waals surface area contributed by atoms with Crippen molar-refractivity contribution in [3.8, 4) is 0 Å². The van der Waals surface area contributed by atoms with Crippen molar-refractivity contribution in [2.24, 2.45) is 11.7 Å². The van der Waals surface area contributed by atoms with Gasteiger partial charge in [0.25, 0.3) is 0 Å². The molecule has 4 aromatic heterocycles. The van der Waals surface area contributed by atoms with Crippen molar-refractivity contribution in [2.45, 2.75) is 120 Å². The number of urea groups is 1. The van der Waals surface area contributed by atoms with E-state index in [9.17, 15) is 53.0 Å². The van der Waals surface area contributed by atoms with E-state index in [0.717, 1.165) is 22.1 Å². The number of anilines is 3. The first-order valence-electron chi connectivity index (χ1n) is 27.5. The van der Waals surface area contributed by atoms with Crippen molar-refractivity contribution in [2.75, 3.05) is 49.2 Å². The van der Waals surface area contributed by atoms with Crippen LogP contribution in [0, 0.1) is 5.92 Å². The van der Waals surface area contributed by atoms with Crippen molar-refractivity contribution in [1.29, 1.82) is 0 Å². The Labute approximate surface area is 509 Å². The molecule has 89 heavy (non-hydrogen) atoms. The molecule has 39 heteroatoms. The predicted octanol–water partition coefficient (Wildman–Crippen LogP) is 1.16. The summed E-state index contributed by atoms with van der Waals surface area (Å²) < 4.78 is 78.8. The zero-order valence-electron chi connectivity index (χ0n) is 47.4. The van der Waals surface area contributed by atoms with Crippen LogP contribution in [0.3, 0.4) is 0 Å². The molecule has 8 amide bonds. The van der Waals surface area contributed by atoms with Crippen LogP contribution in [0.15, 0.2) is 61.7 Å².